The number of hydrogen-bond donors (Lipinski definition) is 1. The summed E-state index contributed by atoms with van der Waals surface area (Å²) in [6.07, 6.45) is 4.81. The molecule has 0 aliphatic carbocycles. The summed E-state index contributed by atoms with van der Waals surface area (Å²) in [6, 6.07) is 7.29. The molecule has 0 amide bonds. The van der Waals surface area contributed by atoms with Gasteiger partial charge in [-0.3, -0.25) is 0 Å². The highest BCUT2D eigenvalue weighted by Gasteiger charge is 2.26. The van der Waals surface area contributed by atoms with Crippen LogP contribution in [0.3, 0.4) is 0 Å². The summed E-state index contributed by atoms with van der Waals surface area (Å²) in [5, 5.41) is 10.9. The maximum atomic E-state index is 6.44. The van der Waals surface area contributed by atoms with Gasteiger partial charge < -0.3 is 10.1 Å². The van der Waals surface area contributed by atoms with Crippen molar-refractivity contribution in [3.8, 4) is 5.75 Å². The average Bonchev–Trinajstić information content (AvgIpc) is 2.69. The van der Waals surface area contributed by atoms with Gasteiger partial charge in [0.25, 0.3) is 0 Å². The minimum absolute atomic E-state index is 0.306. The highest BCUT2D eigenvalue weighted by atomic mass is 35.5. The number of benzene rings is 1. The van der Waals surface area contributed by atoms with Crippen LogP contribution in [0.4, 0.5) is 17.5 Å². The fourth-order valence-corrected chi connectivity index (χ4v) is 3.41. The molecule has 0 saturated carbocycles. The van der Waals surface area contributed by atoms with Gasteiger partial charge in [0.15, 0.2) is 11.6 Å². The zero-order valence-corrected chi connectivity index (χ0v) is 18.5. The molecule has 0 fully saturated rings. The molecule has 0 unspecified atom stereocenters. The van der Waals surface area contributed by atoms with Crippen LogP contribution in [0.2, 0.25) is 5.02 Å². The SMILES string of the molecule is CC/C=C(Cl)\C(C1=NN(C)c2nc(Nc3cccc(Cl)c3)ncc2O1)=C(\Cl)CC. The van der Waals surface area contributed by atoms with Crippen LogP contribution in [0.15, 0.2) is 57.3 Å². The molecule has 6 nitrogen and oxygen atoms in total. The second kappa shape index (κ2) is 9.48. The number of anilines is 3. The Morgan fingerprint density at radius 1 is 1.28 bits per heavy atom. The Labute approximate surface area is 184 Å². The summed E-state index contributed by atoms with van der Waals surface area (Å²) >= 11 is 18.9. The molecule has 9 heteroatoms. The second-order valence-electron chi connectivity index (χ2n) is 6.14. The highest BCUT2D eigenvalue weighted by molar-refractivity contribution is 6.39. The molecular formula is C20H20Cl3N5O. The summed E-state index contributed by atoms with van der Waals surface area (Å²) < 4.78 is 5.95. The normalized spacial score (nSPS) is 14.6. The van der Waals surface area contributed by atoms with Crippen LogP contribution in [0.25, 0.3) is 0 Å². The molecule has 29 heavy (non-hydrogen) atoms. The molecule has 3 rings (SSSR count). The van der Waals surface area contributed by atoms with E-state index in [2.05, 4.69) is 20.4 Å². The van der Waals surface area contributed by atoms with Crippen molar-refractivity contribution in [2.45, 2.75) is 26.7 Å². The van der Waals surface area contributed by atoms with Gasteiger partial charge in [-0.1, -0.05) is 60.8 Å². The Morgan fingerprint density at radius 3 is 2.76 bits per heavy atom. The molecule has 0 saturated heterocycles. The third kappa shape index (κ3) is 5.01. The molecule has 1 aliphatic heterocycles. The van der Waals surface area contributed by atoms with E-state index in [1.165, 1.54) is 0 Å². The quantitative estimate of drug-likeness (QED) is 0.510. The number of nitrogens with zero attached hydrogens (tertiary/aromatic N) is 4. The van der Waals surface area contributed by atoms with Crippen LogP contribution in [0.5, 0.6) is 5.75 Å². The van der Waals surface area contributed by atoms with E-state index < -0.39 is 0 Å². The van der Waals surface area contributed by atoms with Crippen molar-refractivity contribution in [1.82, 2.24) is 9.97 Å². The van der Waals surface area contributed by atoms with Gasteiger partial charge in [0.05, 0.1) is 16.8 Å². The number of aromatic nitrogens is 2. The van der Waals surface area contributed by atoms with E-state index in [0.717, 1.165) is 12.1 Å². The maximum absolute atomic E-state index is 6.44. The first-order valence-corrected chi connectivity index (χ1v) is 10.2. The smallest absolute Gasteiger partial charge is 0.246 e. The molecule has 1 N–H and O–H groups in total. The molecule has 1 aromatic heterocycles. The number of ether oxygens (including phenoxy) is 1. The van der Waals surface area contributed by atoms with Crippen LogP contribution in [-0.2, 0) is 0 Å². The van der Waals surface area contributed by atoms with Crippen molar-refractivity contribution >= 4 is 58.2 Å². The third-order valence-corrected chi connectivity index (χ3v) is 5.02. The van der Waals surface area contributed by atoms with Gasteiger partial charge in [0.1, 0.15) is 0 Å². The maximum Gasteiger partial charge on any atom is 0.246 e. The van der Waals surface area contributed by atoms with Crippen molar-refractivity contribution in [2.75, 3.05) is 17.4 Å². The van der Waals surface area contributed by atoms with E-state index in [9.17, 15) is 0 Å². The molecular weight excluding hydrogens is 433 g/mol. The Morgan fingerprint density at radius 2 is 2.07 bits per heavy atom. The Balaban J connectivity index is 1.91. The fraction of sp³-hybridized carbons (Fsp3) is 0.250. The zero-order valence-electron chi connectivity index (χ0n) is 16.2. The molecule has 152 valence electrons. The van der Waals surface area contributed by atoms with Gasteiger partial charge in [-0.15, -0.1) is 5.10 Å². The first-order valence-electron chi connectivity index (χ1n) is 9.07. The lowest BCUT2D eigenvalue weighted by atomic mass is 10.1. The van der Waals surface area contributed by atoms with E-state index in [-0.39, 0.29) is 0 Å². The Hall–Kier alpha value is -2.28. The van der Waals surface area contributed by atoms with E-state index in [0.29, 0.717) is 50.5 Å². The number of hydrogen-bond acceptors (Lipinski definition) is 6. The van der Waals surface area contributed by atoms with E-state index in [1.807, 2.05) is 32.1 Å². The molecule has 2 aromatic rings. The predicted molar refractivity (Wildman–Crippen MR) is 121 cm³/mol. The van der Waals surface area contributed by atoms with Crippen molar-refractivity contribution < 1.29 is 4.74 Å². The first kappa shape index (κ1) is 21.4. The summed E-state index contributed by atoms with van der Waals surface area (Å²) in [6.45, 7) is 3.93. The lowest BCUT2D eigenvalue weighted by molar-refractivity contribution is 0.524. The topological polar surface area (TPSA) is 62.6 Å². The molecule has 0 spiro atoms. The van der Waals surface area contributed by atoms with Gasteiger partial charge in [0.2, 0.25) is 11.8 Å². The van der Waals surface area contributed by atoms with Gasteiger partial charge in [-0.25, -0.2) is 9.99 Å². The van der Waals surface area contributed by atoms with Crippen LogP contribution < -0.4 is 15.1 Å². The summed E-state index contributed by atoms with van der Waals surface area (Å²) in [5.41, 5.74) is 1.34. The number of rotatable bonds is 6. The molecule has 1 aliphatic rings. The van der Waals surface area contributed by atoms with E-state index in [1.54, 1.807) is 30.4 Å². The van der Waals surface area contributed by atoms with Crippen LogP contribution in [0.1, 0.15) is 26.7 Å². The molecule has 2 heterocycles. The van der Waals surface area contributed by atoms with E-state index in [4.69, 9.17) is 39.5 Å². The standard InChI is InChI=1S/C20H20Cl3N5O/c1-4-7-15(23)17(14(22)5-2)19-27-28(3)18-16(29-19)11-24-20(26-18)25-13-9-6-8-12(21)10-13/h6-11H,4-5H2,1-3H3,(H,24,25,26)/b15-7+,17-14-. The average molecular weight is 453 g/mol. The fourth-order valence-electron chi connectivity index (χ4n) is 2.64. The van der Waals surface area contributed by atoms with Crippen molar-refractivity contribution in [2.24, 2.45) is 5.10 Å². The number of nitrogens with one attached hydrogen (secondary N) is 1. The van der Waals surface area contributed by atoms with Crippen LogP contribution in [-0.4, -0.2) is 22.9 Å². The van der Waals surface area contributed by atoms with Crippen molar-refractivity contribution in [3.63, 3.8) is 0 Å². The monoisotopic (exact) mass is 451 g/mol. The third-order valence-electron chi connectivity index (χ3n) is 3.99. The lowest BCUT2D eigenvalue weighted by Crippen LogP contribution is -2.27. The summed E-state index contributed by atoms with van der Waals surface area (Å²) in [5.74, 6) is 1.66. The summed E-state index contributed by atoms with van der Waals surface area (Å²) in [7, 11) is 1.77. The number of fused-ring (bicyclic) bond motifs is 1. The van der Waals surface area contributed by atoms with Crippen LogP contribution in [0, 0.1) is 0 Å². The molecule has 1 aromatic carbocycles. The van der Waals surface area contributed by atoms with E-state index >= 15 is 0 Å². The number of allylic oxidation sites excluding steroid dienone is 2. The molecule has 0 atom stereocenters. The Bertz CT molecular complexity index is 1000. The van der Waals surface area contributed by atoms with Gasteiger partial charge in [0, 0.05) is 22.8 Å². The number of halogens is 3. The summed E-state index contributed by atoms with van der Waals surface area (Å²) in [4.78, 5) is 8.81. The highest BCUT2D eigenvalue weighted by Crippen LogP contribution is 2.34. The predicted octanol–water partition coefficient (Wildman–Crippen LogP) is 6.45. The Kier molecular flexibility index (Phi) is 7.00. The minimum atomic E-state index is 0.306. The first-order chi connectivity index (χ1) is 13.9. The largest absolute Gasteiger partial charge is 0.431 e. The minimum Gasteiger partial charge on any atom is -0.431 e. The van der Waals surface area contributed by atoms with Crippen molar-refractivity contribution in [3.05, 3.63) is 57.2 Å². The second-order valence-corrected chi connectivity index (χ2v) is 7.44. The number of hydrazone groups is 1. The van der Waals surface area contributed by atoms with Gasteiger partial charge in [-0.2, -0.15) is 4.98 Å². The van der Waals surface area contributed by atoms with Crippen molar-refractivity contribution in [1.29, 1.82) is 0 Å². The zero-order chi connectivity index (χ0) is 21.0. The van der Waals surface area contributed by atoms with Gasteiger partial charge >= 0.3 is 0 Å². The van der Waals surface area contributed by atoms with Gasteiger partial charge in [-0.05, 0) is 31.0 Å². The van der Waals surface area contributed by atoms with Crippen LogP contribution >= 0.6 is 34.8 Å². The lowest BCUT2D eigenvalue weighted by Gasteiger charge is -2.25. The molecule has 0 radical (unpaired) electrons. The molecule has 0 bridgehead atoms.